The number of halogens is 1. The van der Waals surface area contributed by atoms with Crippen LogP contribution < -0.4 is 0 Å². The van der Waals surface area contributed by atoms with E-state index in [1.807, 2.05) is 37.3 Å². The lowest BCUT2D eigenvalue weighted by Crippen LogP contribution is -2.10. The van der Waals surface area contributed by atoms with Gasteiger partial charge in [-0.15, -0.1) is 0 Å². The molecule has 0 unspecified atom stereocenters. The Morgan fingerprint density at radius 1 is 1.12 bits per heavy atom. The summed E-state index contributed by atoms with van der Waals surface area (Å²) in [5, 5.41) is 11.6. The maximum atomic E-state index is 10.1. The summed E-state index contributed by atoms with van der Waals surface area (Å²) in [4.78, 5) is 9.23. The van der Waals surface area contributed by atoms with Crippen LogP contribution in [0.5, 0.6) is 0 Å². The molecule has 0 bridgehead atoms. The second-order valence-electron chi connectivity index (χ2n) is 7.04. The van der Waals surface area contributed by atoms with Gasteiger partial charge in [-0.3, -0.25) is 9.97 Å². The van der Waals surface area contributed by atoms with E-state index in [9.17, 15) is 5.26 Å². The average Bonchev–Trinajstić information content (AvgIpc) is 2.67. The van der Waals surface area contributed by atoms with Crippen LogP contribution in [-0.4, -0.2) is 9.97 Å². The van der Waals surface area contributed by atoms with Crippen LogP contribution in [0.4, 0.5) is 0 Å². The molecule has 2 heterocycles. The summed E-state index contributed by atoms with van der Waals surface area (Å²) in [6.07, 6.45) is 7.70. The molecule has 130 valence electrons. The molecule has 0 aliphatic heterocycles. The van der Waals surface area contributed by atoms with Gasteiger partial charge >= 0.3 is 0 Å². The third-order valence-electron chi connectivity index (χ3n) is 5.26. The van der Waals surface area contributed by atoms with Gasteiger partial charge in [-0.05, 0) is 55.7 Å². The first-order chi connectivity index (χ1) is 12.7. The molecule has 3 nitrogen and oxygen atoms in total. The average molecular weight is 362 g/mol. The Morgan fingerprint density at radius 3 is 2.65 bits per heavy atom. The minimum absolute atomic E-state index is 0.361. The first-order valence-corrected chi connectivity index (χ1v) is 9.51. The highest BCUT2D eigenvalue weighted by atomic mass is 35.5. The quantitative estimate of drug-likeness (QED) is 0.547. The lowest BCUT2D eigenvalue weighted by atomic mass is 9.82. The number of benzene rings is 1. The van der Waals surface area contributed by atoms with Crippen molar-refractivity contribution in [3.63, 3.8) is 0 Å². The van der Waals surface area contributed by atoms with Gasteiger partial charge in [-0.1, -0.05) is 30.9 Å². The van der Waals surface area contributed by atoms with Crippen molar-refractivity contribution in [1.29, 1.82) is 5.26 Å². The Labute approximate surface area is 158 Å². The third-order valence-corrected chi connectivity index (χ3v) is 5.50. The molecule has 1 fully saturated rings. The number of fused-ring (bicyclic) bond motifs is 1. The van der Waals surface area contributed by atoms with Gasteiger partial charge in [0.05, 0.1) is 16.8 Å². The molecule has 0 spiro atoms. The van der Waals surface area contributed by atoms with E-state index < -0.39 is 0 Å². The van der Waals surface area contributed by atoms with Crippen molar-refractivity contribution in [2.24, 2.45) is 0 Å². The van der Waals surface area contributed by atoms with E-state index in [1.54, 1.807) is 6.20 Å². The standard InChI is InChI=1S/C22H20ClN3/c1-14-11-16(9-10-25-14)21-18-12-17(23)7-8-20(18)26-22(19(21)13-24)15-5-3-2-4-6-15/h7-12,15H,2-6H2,1H3. The van der Waals surface area contributed by atoms with Crippen LogP contribution in [0, 0.1) is 18.3 Å². The van der Waals surface area contributed by atoms with Crippen LogP contribution in [0.25, 0.3) is 22.0 Å². The second kappa shape index (κ2) is 7.05. The van der Waals surface area contributed by atoms with Crippen LogP contribution in [0.3, 0.4) is 0 Å². The van der Waals surface area contributed by atoms with Crippen LogP contribution >= 0.6 is 11.6 Å². The predicted octanol–water partition coefficient (Wildman–Crippen LogP) is 6.18. The summed E-state index contributed by atoms with van der Waals surface area (Å²) < 4.78 is 0. The molecule has 1 aromatic carbocycles. The van der Waals surface area contributed by atoms with Crippen LogP contribution in [0.15, 0.2) is 36.5 Å². The van der Waals surface area contributed by atoms with Crippen molar-refractivity contribution in [1.82, 2.24) is 9.97 Å². The van der Waals surface area contributed by atoms with E-state index >= 15 is 0 Å². The van der Waals surface area contributed by atoms with Crippen LogP contribution in [-0.2, 0) is 0 Å². The molecular formula is C22H20ClN3. The number of aryl methyl sites for hydroxylation is 1. The predicted molar refractivity (Wildman–Crippen MR) is 105 cm³/mol. The van der Waals surface area contributed by atoms with Gasteiger partial charge in [0.2, 0.25) is 0 Å². The van der Waals surface area contributed by atoms with Gasteiger partial charge in [0, 0.05) is 33.8 Å². The smallest absolute Gasteiger partial charge is 0.102 e. The van der Waals surface area contributed by atoms with Gasteiger partial charge < -0.3 is 0 Å². The fourth-order valence-corrected chi connectivity index (χ4v) is 4.21. The Kier molecular flexibility index (Phi) is 4.61. The minimum atomic E-state index is 0.361. The van der Waals surface area contributed by atoms with Gasteiger partial charge in [0.1, 0.15) is 6.07 Å². The molecular weight excluding hydrogens is 342 g/mol. The molecule has 2 aromatic heterocycles. The number of aromatic nitrogens is 2. The summed E-state index contributed by atoms with van der Waals surface area (Å²) in [5.41, 5.74) is 5.41. The number of hydrogen-bond acceptors (Lipinski definition) is 3. The van der Waals surface area contributed by atoms with Crippen LogP contribution in [0.1, 0.15) is 55.0 Å². The zero-order valence-corrected chi connectivity index (χ0v) is 15.6. The Balaban J connectivity index is 2.05. The highest BCUT2D eigenvalue weighted by Gasteiger charge is 2.24. The Morgan fingerprint density at radius 2 is 1.92 bits per heavy atom. The summed E-state index contributed by atoms with van der Waals surface area (Å²) >= 11 is 6.27. The molecule has 0 amide bonds. The van der Waals surface area contributed by atoms with Gasteiger partial charge in [0.25, 0.3) is 0 Å². The molecule has 0 radical (unpaired) electrons. The number of nitrogens with zero attached hydrogens (tertiary/aromatic N) is 3. The van der Waals surface area contributed by atoms with Gasteiger partial charge in [-0.2, -0.15) is 5.26 Å². The molecule has 0 saturated heterocycles. The molecule has 4 heteroatoms. The van der Waals surface area contributed by atoms with E-state index in [0.717, 1.165) is 46.3 Å². The van der Waals surface area contributed by atoms with Gasteiger partial charge in [-0.25, -0.2) is 0 Å². The van der Waals surface area contributed by atoms with Crippen molar-refractivity contribution in [3.05, 3.63) is 58.5 Å². The van der Waals surface area contributed by atoms with E-state index in [1.165, 1.54) is 19.3 Å². The van der Waals surface area contributed by atoms with E-state index in [2.05, 4.69) is 11.1 Å². The molecule has 0 atom stereocenters. The van der Waals surface area contributed by atoms with Gasteiger partial charge in [0.15, 0.2) is 0 Å². The normalized spacial score (nSPS) is 15.1. The lowest BCUT2D eigenvalue weighted by molar-refractivity contribution is 0.437. The molecule has 1 saturated carbocycles. The number of hydrogen-bond donors (Lipinski definition) is 0. The summed E-state index contributed by atoms with van der Waals surface area (Å²) in [6.45, 7) is 1.97. The Bertz CT molecular complexity index is 1010. The minimum Gasteiger partial charge on any atom is -0.262 e. The highest BCUT2D eigenvalue weighted by Crippen LogP contribution is 2.40. The van der Waals surface area contributed by atoms with E-state index in [0.29, 0.717) is 16.5 Å². The summed E-state index contributed by atoms with van der Waals surface area (Å²) in [5.74, 6) is 0.361. The van der Waals surface area contributed by atoms with E-state index in [4.69, 9.17) is 16.6 Å². The first-order valence-electron chi connectivity index (χ1n) is 9.13. The van der Waals surface area contributed by atoms with Crippen LogP contribution in [0.2, 0.25) is 5.02 Å². The first kappa shape index (κ1) is 17.0. The monoisotopic (exact) mass is 361 g/mol. The molecule has 26 heavy (non-hydrogen) atoms. The van der Waals surface area contributed by atoms with Crippen molar-refractivity contribution in [2.75, 3.05) is 0 Å². The van der Waals surface area contributed by atoms with Crippen molar-refractivity contribution >= 4 is 22.5 Å². The fourth-order valence-electron chi connectivity index (χ4n) is 4.04. The lowest BCUT2D eigenvalue weighted by Gasteiger charge is -2.24. The van der Waals surface area contributed by atoms with Crippen molar-refractivity contribution in [3.8, 4) is 17.2 Å². The van der Waals surface area contributed by atoms with Crippen molar-refractivity contribution in [2.45, 2.75) is 44.9 Å². The largest absolute Gasteiger partial charge is 0.262 e. The second-order valence-corrected chi connectivity index (χ2v) is 7.48. The highest BCUT2D eigenvalue weighted by molar-refractivity contribution is 6.31. The molecule has 0 N–H and O–H groups in total. The summed E-state index contributed by atoms with van der Waals surface area (Å²) in [6, 6.07) is 12.2. The zero-order chi connectivity index (χ0) is 18.1. The van der Waals surface area contributed by atoms with E-state index in [-0.39, 0.29) is 0 Å². The fraction of sp³-hybridized carbons (Fsp3) is 0.318. The SMILES string of the molecule is Cc1cc(-c2c(C#N)c(C3CCCCC3)nc3ccc(Cl)cc23)ccn1. The van der Waals surface area contributed by atoms with Crippen molar-refractivity contribution < 1.29 is 0 Å². The molecule has 4 rings (SSSR count). The maximum absolute atomic E-state index is 10.1. The third kappa shape index (κ3) is 3.06. The topological polar surface area (TPSA) is 49.6 Å². The zero-order valence-electron chi connectivity index (χ0n) is 14.8. The number of nitriles is 1. The number of pyridine rings is 2. The number of rotatable bonds is 2. The molecule has 1 aliphatic carbocycles. The summed E-state index contributed by atoms with van der Waals surface area (Å²) in [7, 11) is 0. The maximum Gasteiger partial charge on any atom is 0.102 e. The molecule has 3 aromatic rings. The molecule has 1 aliphatic rings. The Hall–Kier alpha value is -2.44.